The first-order valence-electron chi connectivity index (χ1n) is 9.31. The lowest BCUT2D eigenvalue weighted by molar-refractivity contribution is -0.130. The largest absolute Gasteiger partial charge is 0.483 e. The monoisotopic (exact) mass is 347 g/mol. The van der Waals surface area contributed by atoms with Gasteiger partial charge in [-0.3, -0.25) is 14.6 Å². The fourth-order valence-electron chi connectivity index (χ4n) is 3.41. The van der Waals surface area contributed by atoms with Crippen molar-refractivity contribution >= 4 is 5.91 Å². The predicted molar refractivity (Wildman–Crippen MR) is 102 cm³/mol. The molecular weight excluding hydrogens is 314 g/mol. The Morgan fingerprint density at radius 3 is 2.64 bits per heavy atom. The molecule has 0 aromatic heterocycles. The van der Waals surface area contributed by atoms with Gasteiger partial charge in [-0.05, 0) is 26.3 Å². The molecule has 2 rings (SSSR count). The minimum Gasteiger partial charge on any atom is -0.483 e. The van der Waals surface area contributed by atoms with Gasteiger partial charge >= 0.3 is 0 Å². The van der Waals surface area contributed by atoms with Crippen LogP contribution in [0.3, 0.4) is 0 Å². The predicted octanol–water partition coefficient (Wildman–Crippen LogP) is 2.46. The molecule has 1 amide bonds. The molecule has 140 valence electrons. The van der Waals surface area contributed by atoms with Crippen molar-refractivity contribution in [3.05, 3.63) is 29.8 Å². The third kappa shape index (κ3) is 5.44. The molecule has 0 bridgehead atoms. The highest BCUT2D eigenvalue weighted by molar-refractivity contribution is 5.77. The van der Waals surface area contributed by atoms with Gasteiger partial charge in [0.15, 0.2) is 6.61 Å². The second kappa shape index (κ2) is 9.20. The van der Waals surface area contributed by atoms with Gasteiger partial charge in [0.1, 0.15) is 5.75 Å². The van der Waals surface area contributed by atoms with Gasteiger partial charge in [0, 0.05) is 57.9 Å². The minimum absolute atomic E-state index is 0.0219. The van der Waals surface area contributed by atoms with E-state index in [9.17, 15) is 4.79 Å². The van der Waals surface area contributed by atoms with Crippen molar-refractivity contribution in [1.82, 2.24) is 14.7 Å². The van der Waals surface area contributed by atoms with E-state index < -0.39 is 0 Å². The van der Waals surface area contributed by atoms with Crippen LogP contribution in [0.15, 0.2) is 24.3 Å². The summed E-state index contributed by atoms with van der Waals surface area (Å²) in [5, 5.41) is 0. The molecule has 0 aliphatic carbocycles. The van der Waals surface area contributed by atoms with E-state index in [1.165, 1.54) is 6.42 Å². The summed E-state index contributed by atoms with van der Waals surface area (Å²) in [5.74, 6) is 0.795. The Labute approximate surface area is 152 Å². The van der Waals surface area contributed by atoms with E-state index in [0.717, 1.165) is 37.5 Å². The fraction of sp³-hybridized carbons (Fsp3) is 0.650. The van der Waals surface area contributed by atoms with Crippen LogP contribution in [0, 0.1) is 0 Å². The van der Waals surface area contributed by atoms with Crippen LogP contribution >= 0.6 is 0 Å². The number of rotatable bonds is 7. The van der Waals surface area contributed by atoms with Crippen LogP contribution in [-0.4, -0.2) is 73.0 Å². The number of ether oxygens (including phenoxy) is 1. The first-order chi connectivity index (χ1) is 11.9. The van der Waals surface area contributed by atoms with Gasteiger partial charge in [0.25, 0.3) is 5.91 Å². The summed E-state index contributed by atoms with van der Waals surface area (Å²) >= 11 is 0. The molecule has 5 nitrogen and oxygen atoms in total. The fourth-order valence-corrected chi connectivity index (χ4v) is 3.41. The average Bonchev–Trinajstić information content (AvgIpc) is 2.60. The first-order valence-corrected chi connectivity index (χ1v) is 9.31. The van der Waals surface area contributed by atoms with Gasteiger partial charge in [0.05, 0.1) is 0 Å². The highest BCUT2D eigenvalue weighted by Gasteiger charge is 2.27. The van der Waals surface area contributed by atoms with Crippen molar-refractivity contribution in [2.45, 2.75) is 45.8 Å². The quantitative estimate of drug-likeness (QED) is 0.759. The zero-order valence-electron chi connectivity index (χ0n) is 16.4. The molecule has 5 heteroatoms. The van der Waals surface area contributed by atoms with Crippen LogP contribution in [0.4, 0.5) is 0 Å². The average molecular weight is 348 g/mol. The number of hydrogen-bond acceptors (Lipinski definition) is 4. The van der Waals surface area contributed by atoms with Crippen LogP contribution in [0.2, 0.25) is 0 Å². The standard InChI is InChI=1S/C20H33N3O2/c1-6-18-14-22(11-12-23(18)16(2)3)13-17-9-7-8-10-19(17)25-15-20(24)21(4)5/h7-10,16,18H,6,11-15H2,1-5H3/t18-/m1/s1. The van der Waals surface area contributed by atoms with Crippen molar-refractivity contribution in [3.63, 3.8) is 0 Å². The normalized spacial score (nSPS) is 19.2. The van der Waals surface area contributed by atoms with E-state index in [-0.39, 0.29) is 12.5 Å². The maximum atomic E-state index is 11.8. The highest BCUT2D eigenvalue weighted by Crippen LogP contribution is 2.23. The molecule has 0 unspecified atom stereocenters. The van der Waals surface area contributed by atoms with Crippen LogP contribution in [0.5, 0.6) is 5.75 Å². The SMILES string of the molecule is CC[C@@H]1CN(Cc2ccccc2OCC(=O)N(C)C)CCN1C(C)C. The minimum atomic E-state index is -0.0219. The molecule has 0 N–H and O–H groups in total. The van der Waals surface area contributed by atoms with Crippen LogP contribution in [0.25, 0.3) is 0 Å². The number of amides is 1. The summed E-state index contributed by atoms with van der Waals surface area (Å²) < 4.78 is 5.79. The molecule has 1 aliphatic heterocycles. The molecule has 1 aromatic carbocycles. The lowest BCUT2D eigenvalue weighted by Crippen LogP contribution is -2.54. The molecular formula is C20H33N3O2. The molecule has 1 aliphatic rings. The number of carbonyl (C=O) groups is 1. The lowest BCUT2D eigenvalue weighted by Gasteiger charge is -2.43. The smallest absolute Gasteiger partial charge is 0.259 e. The molecule has 1 saturated heterocycles. The van der Waals surface area contributed by atoms with Crippen molar-refractivity contribution in [3.8, 4) is 5.75 Å². The van der Waals surface area contributed by atoms with Crippen molar-refractivity contribution < 1.29 is 9.53 Å². The van der Waals surface area contributed by atoms with E-state index in [4.69, 9.17) is 4.74 Å². The first kappa shape index (κ1) is 19.7. The third-order valence-electron chi connectivity index (χ3n) is 4.96. The van der Waals surface area contributed by atoms with E-state index in [1.807, 2.05) is 18.2 Å². The van der Waals surface area contributed by atoms with E-state index in [1.54, 1.807) is 19.0 Å². The maximum absolute atomic E-state index is 11.8. The van der Waals surface area contributed by atoms with Gasteiger partial charge in [-0.25, -0.2) is 0 Å². The van der Waals surface area contributed by atoms with E-state index >= 15 is 0 Å². The van der Waals surface area contributed by atoms with Gasteiger partial charge in [-0.15, -0.1) is 0 Å². The molecule has 25 heavy (non-hydrogen) atoms. The Morgan fingerprint density at radius 1 is 1.28 bits per heavy atom. The second-order valence-electron chi connectivity index (χ2n) is 7.31. The Balaban J connectivity index is 1.99. The Bertz CT molecular complexity index is 560. The number of likely N-dealkylation sites (N-methyl/N-ethyl adjacent to an activating group) is 1. The second-order valence-corrected chi connectivity index (χ2v) is 7.31. The lowest BCUT2D eigenvalue weighted by atomic mass is 10.1. The molecule has 0 spiro atoms. The van der Waals surface area contributed by atoms with Crippen LogP contribution in [-0.2, 0) is 11.3 Å². The number of piperazine rings is 1. The number of benzene rings is 1. The van der Waals surface area contributed by atoms with Gasteiger partial charge in [-0.1, -0.05) is 25.1 Å². The maximum Gasteiger partial charge on any atom is 0.259 e. The van der Waals surface area contributed by atoms with Gasteiger partial charge in [-0.2, -0.15) is 0 Å². The summed E-state index contributed by atoms with van der Waals surface area (Å²) in [5.41, 5.74) is 1.15. The molecule has 0 saturated carbocycles. The van der Waals surface area contributed by atoms with Crippen LogP contribution in [0.1, 0.15) is 32.8 Å². The number of nitrogens with zero attached hydrogens (tertiary/aromatic N) is 3. The molecule has 1 fully saturated rings. The summed E-state index contributed by atoms with van der Waals surface area (Å²) in [7, 11) is 3.49. The zero-order chi connectivity index (χ0) is 18.4. The van der Waals surface area contributed by atoms with Crippen molar-refractivity contribution in [2.75, 3.05) is 40.3 Å². The number of carbonyl (C=O) groups excluding carboxylic acids is 1. The summed E-state index contributed by atoms with van der Waals surface area (Å²) in [6.07, 6.45) is 1.17. The number of para-hydroxylation sites is 1. The Hall–Kier alpha value is -1.59. The van der Waals surface area contributed by atoms with Crippen LogP contribution < -0.4 is 4.74 Å². The van der Waals surface area contributed by atoms with Crippen molar-refractivity contribution in [1.29, 1.82) is 0 Å². The molecule has 1 atom stereocenters. The highest BCUT2D eigenvalue weighted by atomic mass is 16.5. The van der Waals surface area contributed by atoms with Gasteiger partial charge < -0.3 is 9.64 Å². The Morgan fingerprint density at radius 2 is 2.00 bits per heavy atom. The van der Waals surface area contributed by atoms with E-state index in [0.29, 0.717) is 12.1 Å². The Kier molecular flexibility index (Phi) is 7.26. The molecule has 1 heterocycles. The molecule has 1 aromatic rings. The van der Waals surface area contributed by atoms with E-state index in [2.05, 4.69) is 36.6 Å². The summed E-state index contributed by atoms with van der Waals surface area (Å²) in [6.45, 7) is 11.1. The zero-order valence-corrected chi connectivity index (χ0v) is 16.4. The topological polar surface area (TPSA) is 36.0 Å². The van der Waals surface area contributed by atoms with Gasteiger partial charge in [0.2, 0.25) is 0 Å². The third-order valence-corrected chi connectivity index (χ3v) is 4.96. The summed E-state index contributed by atoms with van der Waals surface area (Å²) in [6, 6.07) is 9.27. The molecule has 0 radical (unpaired) electrons. The summed E-state index contributed by atoms with van der Waals surface area (Å²) in [4.78, 5) is 18.4. The van der Waals surface area contributed by atoms with Crippen molar-refractivity contribution in [2.24, 2.45) is 0 Å². The number of hydrogen-bond donors (Lipinski definition) is 0.